The Kier molecular flexibility index (Phi) is 15.2. The van der Waals surface area contributed by atoms with E-state index in [0.29, 0.717) is 35.3 Å². The van der Waals surface area contributed by atoms with Crippen LogP contribution in [0.1, 0.15) is 25.5 Å². The minimum atomic E-state index is -1.09. The zero-order valence-electron chi connectivity index (χ0n) is 17.2. The number of nitrogens with zero attached hydrogens (tertiary/aromatic N) is 4. The van der Waals surface area contributed by atoms with Crippen LogP contribution in [0.5, 0.6) is 0 Å². The van der Waals surface area contributed by atoms with Crippen molar-refractivity contribution in [1.82, 2.24) is 19.5 Å². The van der Waals surface area contributed by atoms with E-state index in [9.17, 15) is 10.2 Å². The number of imidazole rings is 1. The van der Waals surface area contributed by atoms with Gasteiger partial charge in [0.25, 0.3) is 0 Å². The average Bonchev–Trinajstić information content (AvgIpc) is 3.22. The van der Waals surface area contributed by atoms with Crippen LogP contribution in [0.3, 0.4) is 0 Å². The Bertz CT molecular complexity index is 791. The number of nitrogen functional groups attached to an aromatic ring is 1. The fourth-order valence-electron chi connectivity index (χ4n) is 3.63. The second-order valence-electron chi connectivity index (χ2n) is 7.12. The smallest absolute Gasteiger partial charge is 0.167 e. The van der Waals surface area contributed by atoms with Crippen LogP contribution in [0, 0.1) is 0 Å². The molecule has 1 aliphatic rings. The summed E-state index contributed by atoms with van der Waals surface area (Å²) in [6, 6.07) is 0. The maximum Gasteiger partial charge on any atom is 0.167 e. The van der Waals surface area contributed by atoms with Crippen molar-refractivity contribution in [3.63, 3.8) is 0 Å². The van der Waals surface area contributed by atoms with E-state index in [-0.39, 0.29) is 88.6 Å². The number of aliphatic hydroxyl groups is 2. The van der Waals surface area contributed by atoms with Gasteiger partial charge in [-0.3, -0.25) is 4.57 Å². The van der Waals surface area contributed by atoms with E-state index in [4.69, 9.17) is 21.9 Å². The van der Waals surface area contributed by atoms with Crippen LogP contribution in [0.25, 0.3) is 11.2 Å². The standard InChI is InChI=1S/C17H30N7O3S.3HI/c1-28(10(4-6-19)3-2-5-18)7-11-13(25)14(26)17(27-11)24-9-23-12-15(20)21-8-22-16(12)24;;;/h8-11,13-14,17,25-26H,2-7,18-19H2,1H3,(H2,20,21,22);3*1H/q+1;;;/p-1/t10?,11-,13-,14-,17-,28?;;;/m1.../s1. The molecule has 1 saturated heterocycles. The lowest BCUT2D eigenvalue weighted by Crippen LogP contribution is -3.00. The van der Waals surface area contributed by atoms with Gasteiger partial charge in [0.1, 0.15) is 41.2 Å². The maximum atomic E-state index is 10.6. The number of aromatic nitrogens is 4. The highest BCUT2D eigenvalue weighted by Gasteiger charge is 2.47. The Labute approximate surface area is 236 Å². The Hall–Kier alpha value is 0.690. The van der Waals surface area contributed by atoms with Gasteiger partial charge in [-0.2, -0.15) is 0 Å². The number of rotatable bonds is 9. The minimum absolute atomic E-state index is 0. The lowest BCUT2D eigenvalue weighted by atomic mass is 10.1. The summed E-state index contributed by atoms with van der Waals surface area (Å²) in [5.41, 5.74) is 18.1. The predicted molar refractivity (Wildman–Crippen MR) is 140 cm³/mol. The lowest BCUT2D eigenvalue weighted by Gasteiger charge is -2.20. The molecule has 180 valence electrons. The molecule has 1 aliphatic heterocycles. The Morgan fingerprint density at radius 2 is 1.84 bits per heavy atom. The third kappa shape index (κ3) is 7.33. The third-order valence-electron chi connectivity index (χ3n) is 5.21. The van der Waals surface area contributed by atoms with Crippen molar-refractivity contribution in [3.8, 4) is 0 Å². The Morgan fingerprint density at radius 1 is 1.13 bits per heavy atom. The number of hydrogen-bond donors (Lipinski definition) is 5. The first-order chi connectivity index (χ1) is 13.5. The second kappa shape index (κ2) is 14.8. The summed E-state index contributed by atoms with van der Waals surface area (Å²) in [4.78, 5) is 12.3. The molecule has 8 N–H and O–H groups in total. The first-order valence-corrected chi connectivity index (χ1v) is 11.3. The summed E-state index contributed by atoms with van der Waals surface area (Å²) in [7, 11) is -0.0293. The number of nitrogens with two attached hydrogens (primary N) is 3. The molecule has 0 radical (unpaired) electrons. The molecule has 0 aliphatic carbocycles. The number of fused-ring (bicyclic) bond motifs is 1. The molecule has 1 fully saturated rings. The summed E-state index contributed by atoms with van der Waals surface area (Å²) in [5, 5.41) is 21.6. The highest BCUT2D eigenvalue weighted by atomic mass is 127. The molecule has 10 nitrogen and oxygen atoms in total. The highest BCUT2D eigenvalue weighted by molar-refractivity contribution is 14.0. The summed E-state index contributed by atoms with van der Waals surface area (Å²) in [5.74, 6) is 0.904. The number of hydrogen-bond acceptors (Lipinski definition) is 9. The molecule has 0 bridgehead atoms. The molecule has 31 heavy (non-hydrogen) atoms. The van der Waals surface area contributed by atoms with E-state index >= 15 is 0 Å². The molecule has 6 atom stereocenters. The summed E-state index contributed by atoms with van der Waals surface area (Å²) < 4.78 is 7.65. The number of halogens is 3. The Morgan fingerprint density at radius 3 is 2.48 bits per heavy atom. The molecular formula is C17H32I3N7O3S. The van der Waals surface area contributed by atoms with Crippen LogP contribution in [0.4, 0.5) is 5.82 Å². The Balaban J connectivity index is 0.00000300. The fraction of sp³-hybridized carbons (Fsp3) is 0.706. The van der Waals surface area contributed by atoms with Gasteiger partial charge in [-0.05, 0) is 36.8 Å². The van der Waals surface area contributed by atoms with Gasteiger partial charge in [0.05, 0.1) is 12.6 Å². The quantitative estimate of drug-likeness (QED) is 0.131. The van der Waals surface area contributed by atoms with Crippen molar-refractivity contribution in [1.29, 1.82) is 0 Å². The van der Waals surface area contributed by atoms with Crippen molar-refractivity contribution in [2.45, 2.75) is 49.1 Å². The minimum Gasteiger partial charge on any atom is -1.00 e. The molecule has 2 unspecified atom stereocenters. The first-order valence-electron chi connectivity index (χ1n) is 9.44. The summed E-state index contributed by atoms with van der Waals surface area (Å²) >= 11 is 0. The summed E-state index contributed by atoms with van der Waals surface area (Å²) in [6.45, 7) is 1.27. The monoisotopic (exact) mass is 795 g/mol. The van der Waals surface area contributed by atoms with Crippen molar-refractivity contribution in [2.24, 2.45) is 11.5 Å². The molecule has 2 aromatic heterocycles. The molecular weight excluding hydrogens is 763 g/mol. The topological polar surface area (TPSA) is 171 Å². The number of ether oxygens (including phenoxy) is 1. The molecule has 0 spiro atoms. The first kappa shape index (κ1) is 31.7. The van der Waals surface area contributed by atoms with Crippen LogP contribution < -0.4 is 41.2 Å². The number of aliphatic hydroxyl groups excluding tert-OH is 2. The van der Waals surface area contributed by atoms with Crippen molar-refractivity contribution < 1.29 is 38.9 Å². The van der Waals surface area contributed by atoms with E-state index in [0.717, 1.165) is 19.3 Å². The van der Waals surface area contributed by atoms with Gasteiger partial charge in [0.15, 0.2) is 17.7 Å². The molecule has 0 aromatic carbocycles. The zero-order valence-corrected chi connectivity index (χ0v) is 24.8. The SMILES string of the molecule is C[S+](C[C@H]1O[C@@H](n2cnc3c(N)ncnc32)[C@H](O)[C@@H]1O)C(CCN)CCCN.I.I.[I-]. The van der Waals surface area contributed by atoms with E-state index in [2.05, 4.69) is 21.2 Å². The van der Waals surface area contributed by atoms with Gasteiger partial charge in [0, 0.05) is 6.42 Å². The lowest BCUT2D eigenvalue weighted by molar-refractivity contribution is -0.0290. The zero-order chi connectivity index (χ0) is 20.3. The summed E-state index contributed by atoms with van der Waals surface area (Å²) in [6.07, 6.45) is 4.51. The van der Waals surface area contributed by atoms with Gasteiger partial charge in [0.2, 0.25) is 0 Å². The van der Waals surface area contributed by atoms with Crippen molar-refractivity contribution >= 4 is 75.8 Å². The molecule has 3 heterocycles. The fourth-order valence-corrected chi connectivity index (χ4v) is 5.80. The molecule has 2 aromatic rings. The third-order valence-corrected chi connectivity index (χ3v) is 7.68. The van der Waals surface area contributed by atoms with Crippen LogP contribution in [0.15, 0.2) is 12.7 Å². The van der Waals surface area contributed by atoms with Gasteiger partial charge < -0.3 is 56.1 Å². The van der Waals surface area contributed by atoms with Gasteiger partial charge in [-0.1, -0.05) is 0 Å². The molecule has 0 saturated carbocycles. The second-order valence-corrected chi connectivity index (χ2v) is 9.50. The van der Waals surface area contributed by atoms with Crippen LogP contribution in [-0.2, 0) is 15.6 Å². The number of anilines is 1. The highest BCUT2D eigenvalue weighted by Crippen LogP contribution is 2.33. The molecule has 0 amide bonds. The van der Waals surface area contributed by atoms with E-state index in [1.54, 1.807) is 4.57 Å². The van der Waals surface area contributed by atoms with Gasteiger partial charge in [-0.15, -0.1) is 48.0 Å². The largest absolute Gasteiger partial charge is 1.00 e. The maximum absolute atomic E-state index is 10.6. The van der Waals surface area contributed by atoms with E-state index in [1.165, 1.54) is 12.7 Å². The van der Waals surface area contributed by atoms with Gasteiger partial charge >= 0.3 is 0 Å². The van der Waals surface area contributed by atoms with Crippen LogP contribution in [0.2, 0.25) is 0 Å². The average molecular weight is 795 g/mol. The van der Waals surface area contributed by atoms with Crippen molar-refractivity contribution in [2.75, 3.05) is 30.8 Å². The molecule has 3 rings (SSSR count). The van der Waals surface area contributed by atoms with Crippen molar-refractivity contribution in [3.05, 3.63) is 12.7 Å². The van der Waals surface area contributed by atoms with Gasteiger partial charge in [-0.25, -0.2) is 15.0 Å². The van der Waals surface area contributed by atoms with E-state index in [1.807, 2.05) is 0 Å². The van der Waals surface area contributed by atoms with Crippen LogP contribution in [-0.4, -0.2) is 78.4 Å². The molecule has 14 heteroatoms. The van der Waals surface area contributed by atoms with Crippen LogP contribution >= 0.6 is 48.0 Å². The normalized spacial score (nSPS) is 24.7. The van der Waals surface area contributed by atoms with E-state index < -0.39 is 24.5 Å². The predicted octanol–water partition coefficient (Wildman–Crippen LogP) is -3.03.